The second-order valence-corrected chi connectivity index (χ2v) is 7.94. The summed E-state index contributed by atoms with van der Waals surface area (Å²) in [6, 6.07) is 16.1. The number of carbonyl (C=O) groups is 2. The molecule has 1 unspecified atom stereocenters. The molecule has 1 atom stereocenters. The zero-order valence-electron chi connectivity index (χ0n) is 16.6. The molecule has 5 heteroatoms. The minimum Gasteiger partial charge on any atom is -0.503 e. The fourth-order valence-electron chi connectivity index (χ4n) is 3.39. The van der Waals surface area contributed by atoms with Gasteiger partial charge in [-0.05, 0) is 23.3 Å². The van der Waals surface area contributed by atoms with Gasteiger partial charge in [-0.15, -0.1) is 0 Å². The number of hydrogen-bond donors (Lipinski definition) is 1. The molecule has 2 aromatic carbocycles. The first-order valence-corrected chi connectivity index (χ1v) is 9.21. The summed E-state index contributed by atoms with van der Waals surface area (Å²) in [4.78, 5) is 27.6. The molecule has 2 aromatic rings. The van der Waals surface area contributed by atoms with E-state index in [1.54, 1.807) is 44.9 Å². The molecular formula is C23H25NO4. The Morgan fingerprint density at radius 2 is 1.79 bits per heavy atom. The Balaban J connectivity index is 2.11. The van der Waals surface area contributed by atoms with E-state index in [4.69, 9.17) is 4.74 Å². The summed E-state index contributed by atoms with van der Waals surface area (Å²) in [7, 11) is 1.56. The molecule has 5 nitrogen and oxygen atoms in total. The Hall–Kier alpha value is -3.08. The van der Waals surface area contributed by atoms with Crippen molar-refractivity contribution in [3.05, 3.63) is 77.1 Å². The first-order chi connectivity index (χ1) is 13.2. The molecule has 1 heterocycles. The van der Waals surface area contributed by atoms with Crippen LogP contribution in [0, 0.1) is 5.41 Å². The van der Waals surface area contributed by atoms with Crippen molar-refractivity contribution in [3.8, 4) is 5.75 Å². The van der Waals surface area contributed by atoms with E-state index >= 15 is 0 Å². The van der Waals surface area contributed by atoms with Crippen molar-refractivity contribution >= 4 is 11.7 Å². The molecule has 0 spiro atoms. The molecule has 0 bridgehead atoms. The van der Waals surface area contributed by atoms with E-state index in [1.165, 1.54) is 0 Å². The van der Waals surface area contributed by atoms with E-state index < -0.39 is 23.1 Å². The molecule has 1 aliphatic heterocycles. The van der Waals surface area contributed by atoms with Crippen LogP contribution in [0.5, 0.6) is 5.75 Å². The maximum atomic E-state index is 13.1. The van der Waals surface area contributed by atoms with Crippen LogP contribution in [0.2, 0.25) is 0 Å². The Labute approximate surface area is 165 Å². The first kappa shape index (κ1) is 19.7. The van der Waals surface area contributed by atoms with Gasteiger partial charge in [-0.3, -0.25) is 9.59 Å². The van der Waals surface area contributed by atoms with Crippen LogP contribution in [0.3, 0.4) is 0 Å². The smallest absolute Gasteiger partial charge is 0.290 e. The number of rotatable bonds is 5. The topological polar surface area (TPSA) is 66.8 Å². The number of carbonyl (C=O) groups excluding carboxylic acids is 2. The van der Waals surface area contributed by atoms with Gasteiger partial charge in [-0.2, -0.15) is 0 Å². The summed E-state index contributed by atoms with van der Waals surface area (Å²) in [6.07, 6.45) is 0. The molecule has 0 fully saturated rings. The predicted molar refractivity (Wildman–Crippen MR) is 107 cm³/mol. The van der Waals surface area contributed by atoms with Crippen LogP contribution in [0.4, 0.5) is 0 Å². The van der Waals surface area contributed by atoms with Gasteiger partial charge in [-0.25, -0.2) is 0 Å². The maximum absolute atomic E-state index is 13.1. The van der Waals surface area contributed by atoms with E-state index in [9.17, 15) is 14.7 Å². The third-order valence-electron chi connectivity index (χ3n) is 4.83. The number of Topliss-reactive ketones (excluding diaryl/α,β-unsaturated/α-hetero) is 1. The normalized spacial score (nSPS) is 17.2. The lowest BCUT2D eigenvalue weighted by atomic mass is 9.82. The van der Waals surface area contributed by atoms with E-state index in [2.05, 4.69) is 0 Å². The molecule has 1 amide bonds. The molecule has 0 saturated heterocycles. The van der Waals surface area contributed by atoms with Crippen molar-refractivity contribution in [2.45, 2.75) is 33.4 Å². The molecule has 146 valence electrons. The molecule has 3 rings (SSSR count). The fourth-order valence-corrected chi connectivity index (χ4v) is 3.39. The highest BCUT2D eigenvalue weighted by molar-refractivity contribution is 6.10. The largest absolute Gasteiger partial charge is 0.503 e. The van der Waals surface area contributed by atoms with E-state index in [0.717, 1.165) is 11.1 Å². The third kappa shape index (κ3) is 3.65. The summed E-state index contributed by atoms with van der Waals surface area (Å²) in [5, 5.41) is 10.6. The van der Waals surface area contributed by atoms with Crippen LogP contribution in [0.15, 0.2) is 65.9 Å². The number of benzene rings is 2. The van der Waals surface area contributed by atoms with Crippen molar-refractivity contribution < 1.29 is 19.4 Å². The van der Waals surface area contributed by atoms with Gasteiger partial charge >= 0.3 is 0 Å². The van der Waals surface area contributed by atoms with Crippen molar-refractivity contribution in [2.24, 2.45) is 5.41 Å². The molecule has 28 heavy (non-hydrogen) atoms. The number of ketones is 1. The van der Waals surface area contributed by atoms with Crippen LogP contribution in [0.1, 0.15) is 37.9 Å². The number of ether oxygens (including phenoxy) is 1. The lowest BCUT2D eigenvalue weighted by molar-refractivity contribution is -0.130. The average molecular weight is 379 g/mol. The quantitative estimate of drug-likeness (QED) is 0.845. The standard InChI is InChI=1S/C23H25NO4/c1-23(2,3)21(26)18-19(16-11-8-12-17(13-16)28-4)24(22(27)20(18)25)14-15-9-6-5-7-10-15/h5-13,19,25H,14H2,1-4H3. The Morgan fingerprint density at radius 3 is 2.39 bits per heavy atom. The number of hydrogen-bond acceptors (Lipinski definition) is 4. The molecular weight excluding hydrogens is 354 g/mol. The van der Waals surface area contributed by atoms with E-state index in [0.29, 0.717) is 5.75 Å². The Bertz CT molecular complexity index is 925. The van der Waals surface area contributed by atoms with Gasteiger partial charge in [0.05, 0.1) is 18.7 Å². The van der Waals surface area contributed by atoms with Gasteiger partial charge < -0.3 is 14.7 Å². The highest BCUT2D eigenvalue weighted by Crippen LogP contribution is 2.42. The van der Waals surface area contributed by atoms with E-state index in [-0.39, 0.29) is 17.9 Å². The van der Waals surface area contributed by atoms with Gasteiger partial charge in [0.2, 0.25) is 0 Å². The number of amides is 1. The van der Waals surface area contributed by atoms with Crippen molar-refractivity contribution in [2.75, 3.05) is 7.11 Å². The second kappa shape index (κ2) is 7.50. The van der Waals surface area contributed by atoms with Crippen molar-refractivity contribution in [1.82, 2.24) is 4.90 Å². The van der Waals surface area contributed by atoms with Gasteiger partial charge in [-0.1, -0.05) is 63.2 Å². The summed E-state index contributed by atoms with van der Waals surface area (Å²) < 4.78 is 5.32. The zero-order chi connectivity index (χ0) is 20.5. The van der Waals surface area contributed by atoms with Crippen LogP contribution in [0.25, 0.3) is 0 Å². The fraction of sp³-hybridized carbons (Fsp3) is 0.304. The van der Waals surface area contributed by atoms with Gasteiger partial charge in [0.1, 0.15) is 5.75 Å². The van der Waals surface area contributed by atoms with Gasteiger partial charge in [0.25, 0.3) is 5.91 Å². The molecule has 0 aromatic heterocycles. The average Bonchev–Trinajstić information content (AvgIpc) is 2.92. The van der Waals surface area contributed by atoms with Crippen molar-refractivity contribution in [3.63, 3.8) is 0 Å². The lowest BCUT2D eigenvalue weighted by Crippen LogP contribution is -2.32. The molecule has 1 aliphatic rings. The second-order valence-electron chi connectivity index (χ2n) is 7.94. The Kier molecular flexibility index (Phi) is 5.27. The summed E-state index contributed by atoms with van der Waals surface area (Å²) >= 11 is 0. The van der Waals surface area contributed by atoms with Gasteiger partial charge in [0, 0.05) is 12.0 Å². The first-order valence-electron chi connectivity index (χ1n) is 9.21. The van der Waals surface area contributed by atoms with E-state index in [1.807, 2.05) is 42.5 Å². The van der Waals surface area contributed by atoms with Gasteiger partial charge in [0.15, 0.2) is 11.5 Å². The highest BCUT2D eigenvalue weighted by Gasteiger charge is 2.45. The van der Waals surface area contributed by atoms with Crippen LogP contribution >= 0.6 is 0 Å². The third-order valence-corrected chi connectivity index (χ3v) is 4.83. The number of nitrogens with zero attached hydrogens (tertiary/aromatic N) is 1. The minimum absolute atomic E-state index is 0.140. The van der Waals surface area contributed by atoms with Crippen LogP contribution in [-0.4, -0.2) is 28.8 Å². The highest BCUT2D eigenvalue weighted by atomic mass is 16.5. The summed E-state index contributed by atoms with van der Waals surface area (Å²) in [5.74, 6) is -0.631. The molecule has 0 aliphatic carbocycles. The minimum atomic E-state index is -0.733. The number of methoxy groups -OCH3 is 1. The lowest BCUT2D eigenvalue weighted by Gasteiger charge is -2.29. The summed E-state index contributed by atoms with van der Waals surface area (Å²) in [5.41, 5.74) is 1.05. The van der Waals surface area contributed by atoms with Crippen LogP contribution in [-0.2, 0) is 16.1 Å². The maximum Gasteiger partial charge on any atom is 0.290 e. The molecule has 0 radical (unpaired) electrons. The zero-order valence-corrected chi connectivity index (χ0v) is 16.6. The van der Waals surface area contributed by atoms with Crippen LogP contribution < -0.4 is 4.74 Å². The Morgan fingerprint density at radius 1 is 1.11 bits per heavy atom. The van der Waals surface area contributed by atoms with Crippen molar-refractivity contribution in [1.29, 1.82) is 0 Å². The molecule has 1 N–H and O–H groups in total. The number of aliphatic hydroxyl groups excluding tert-OH is 1. The summed E-state index contributed by atoms with van der Waals surface area (Å²) in [6.45, 7) is 5.63. The molecule has 0 saturated carbocycles. The SMILES string of the molecule is COc1cccc(C2C(C(=O)C(C)(C)C)=C(O)C(=O)N2Cc2ccccc2)c1. The number of aliphatic hydroxyl groups is 1. The predicted octanol–water partition coefficient (Wildman–Crippen LogP) is 4.21. The monoisotopic (exact) mass is 379 g/mol.